The molecule has 0 bridgehead atoms. The van der Waals surface area contributed by atoms with E-state index in [1.807, 2.05) is 24.3 Å². The molecule has 33 heavy (non-hydrogen) atoms. The molecule has 1 aliphatic heterocycles. The molecule has 0 spiro atoms. The first-order valence-corrected chi connectivity index (χ1v) is 11.7. The van der Waals surface area contributed by atoms with Crippen LogP contribution < -0.4 is 15.0 Å². The van der Waals surface area contributed by atoms with Crippen molar-refractivity contribution >= 4 is 33.7 Å². The SMILES string of the molecule is Clc1cccc(COc2ccc3ccccc3c2CNc2ccc(N3CCOCC3)cc2)c1. The fraction of sp³-hybridized carbons (Fsp3) is 0.214. The quantitative estimate of drug-likeness (QED) is 0.341. The first-order chi connectivity index (χ1) is 16.3. The summed E-state index contributed by atoms with van der Waals surface area (Å²) < 4.78 is 11.7. The van der Waals surface area contributed by atoms with Crippen molar-refractivity contribution in [2.75, 3.05) is 36.5 Å². The molecule has 5 heteroatoms. The Morgan fingerprint density at radius 2 is 1.70 bits per heavy atom. The minimum Gasteiger partial charge on any atom is -0.489 e. The van der Waals surface area contributed by atoms with E-state index < -0.39 is 0 Å². The Kier molecular flexibility index (Phi) is 6.66. The summed E-state index contributed by atoms with van der Waals surface area (Å²) in [5.74, 6) is 0.881. The number of hydrogen-bond donors (Lipinski definition) is 1. The van der Waals surface area contributed by atoms with E-state index in [9.17, 15) is 0 Å². The summed E-state index contributed by atoms with van der Waals surface area (Å²) in [6.45, 7) is 4.60. The Hall–Kier alpha value is -3.21. The van der Waals surface area contributed by atoms with Gasteiger partial charge in [-0.05, 0) is 58.8 Å². The Balaban J connectivity index is 1.34. The molecular formula is C28H27ClN2O2. The molecule has 4 nitrogen and oxygen atoms in total. The number of rotatable bonds is 7. The van der Waals surface area contributed by atoms with Gasteiger partial charge in [-0.1, -0.05) is 54.1 Å². The predicted molar refractivity (Wildman–Crippen MR) is 137 cm³/mol. The van der Waals surface area contributed by atoms with Crippen LogP contribution in [-0.4, -0.2) is 26.3 Å². The molecule has 0 radical (unpaired) electrons. The van der Waals surface area contributed by atoms with Gasteiger partial charge in [0, 0.05) is 41.6 Å². The number of benzene rings is 4. The average Bonchev–Trinajstić information content (AvgIpc) is 2.87. The van der Waals surface area contributed by atoms with Crippen LogP contribution >= 0.6 is 11.6 Å². The third kappa shape index (κ3) is 5.24. The average molecular weight is 459 g/mol. The largest absolute Gasteiger partial charge is 0.489 e. The smallest absolute Gasteiger partial charge is 0.125 e. The number of morpholine rings is 1. The van der Waals surface area contributed by atoms with Crippen LogP contribution in [0.1, 0.15) is 11.1 Å². The second-order valence-corrected chi connectivity index (χ2v) is 8.62. The zero-order valence-corrected chi connectivity index (χ0v) is 19.2. The molecule has 0 aromatic heterocycles. The van der Waals surface area contributed by atoms with E-state index in [0.29, 0.717) is 13.2 Å². The van der Waals surface area contributed by atoms with Crippen LogP contribution in [-0.2, 0) is 17.9 Å². The molecule has 1 fully saturated rings. The van der Waals surface area contributed by atoms with Crippen LogP contribution in [0.25, 0.3) is 10.8 Å². The molecule has 5 rings (SSSR count). The summed E-state index contributed by atoms with van der Waals surface area (Å²) in [7, 11) is 0. The van der Waals surface area contributed by atoms with Gasteiger partial charge in [0.1, 0.15) is 12.4 Å². The highest BCUT2D eigenvalue weighted by atomic mass is 35.5. The van der Waals surface area contributed by atoms with Gasteiger partial charge in [-0.3, -0.25) is 0 Å². The Morgan fingerprint density at radius 3 is 2.52 bits per heavy atom. The van der Waals surface area contributed by atoms with Crippen LogP contribution in [0, 0.1) is 0 Å². The number of fused-ring (bicyclic) bond motifs is 1. The van der Waals surface area contributed by atoms with Crippen LogP contribution in [0.2, 0.25) is 5.02 Å². The number of anilines is 2. The summed E-state index contributed by atoms with van der Waals surface area (Å²) >= 11 is 6.14. The maximum absolute atomic E-state index is 6.26. The molecule has 0 amide bonds. The number of hydrogen-bond acceptors (Lipinski definition) is 4. The predicted octanol–water partition coefficient (Wildman–Crippen LogP) is 6.52. The second kappa shape index (κ2) is 10.2. The van der Waals surface area contributed by atoms with E-state index in [2.05, 4.69) is 70.9 Å². The molecular weight excluding hydrogens is 432 g/mol. The lowest BCUT2D eigenvalue weighted by molar-refractivity contribution is 0.122. The van der Waals surface area contributed by atoms with Crippen molar-refractivity contribution in [3.8, 4) is 5.75 Å². The molecule has 4 aromatic carbocycles. The van der Waals surface area contributed by atoms with Crippen LogP contribution in [0.3, 0.4) is 0 Å². The summed E-state index contributed by atoms with van der Waals surface area (Å²) in [6, 6.07) is 29.0. The third-order valence-electron chi connectivity index (χ3n) is 5.99. The first-order valence-electron chi connectivity index (χ1n) is 11.3. The molecule has 0 aliphatic carbocycles. The van der Waals surface area contributed by atoms with Crippen LogP contribution in [0.5, 0.6) is 5.75 Å². The lowest BCUT2D eigenvalue weighted by Crippen LogP contribution is -2.36. The lowest BCUT2D eigenvalue weighted by atomic mass is 10.0. The monoisotopic (exact) mass is 458 g/mol. The van der Waals surface area contributed by atoms with E-state index >= 15 is 0 Å². The van der Waals surface area contributed by atoms with Gasteiger partial charge in [-0.15, -0.1) is 0 Å². The fourth-order valence-electron chi connectivity index (χ4n) is 4.22. The summed E-state index contributed by atoms with van der Waals surface area (Å²) in [6.07, 6.45) is 0. The summed E-state index contributed by atoms with van der Waals surface area (Å²) in [5, 5.41) is 6.70. The van der Waals surface area contributed by atoms with Crippen molar-refractivity contribution in [3.05, 3.63) is 101 Å². The van der Waals surface area contributed by atoms with Gasteiger partial charge < -0.3 is 19.7 Å². The van der Waals surface area contributed by atoms with Gasteiger partial charge in [0.05, 0.1) is 13.2 Å². The molecule has 1 N–H and O–H groups in total. The summed E-state index contributed by atoms with van der Waals surface area (Å²) in [4.78, 5) is 2.36. The minimum absolute atomic E-state index is 0.472. The highest BCUT2D eigenvalue weighted by Gasteiger charge is 2.12. The zero-order valence-electron chi connectivity index (χ0n) is 18.5. The standard InChI is InChI=1S/C28H27ClN2O2/c29-23-6-3-4-21(18-23)20-33-28-13-8-22-5-1-2-7-26(22)27(28)19-30-24-9-11-25(12-10-24)31-14-16-32-17-15-31/h1-13,18,30H,14-17,19-20H2. The van der Waals surface area contributed by atoms with Gasteiger partial charge in [-0.2, -0.15) is 0 Å². The van der Waals surface area contributed by atoms with E-state index in [0.717, 1.165) is 53.9 Å². The highest BCUT2D eigenvalue weighted by Crippen LogP contribution is 2.30. The minimum atomic E-state index is 0.472. The second-order valence-electron chi connectivity index (χ2n) is 8.18. The molecule has 1 aliphatic rings. The number of ether oxygens (including phenoxy) is 2. The topological polar surface area (TPSA) is 33.7 Å². The van der Waals surface area contributed by atoms with Crippen molar-refractivity contribution in [1.29, 1.82) is 0 Å². The van der Waals surface area contributed by atoms with Crippen molar-refractivity contribution < 1.29 is 9.47 Å². The van der Waals surface area contributed by atoms with Crippen LogP contribution in [0.4, 0.5) is 11.4 Å². The maximum Gasteiger partial charge on any atom is 0.125 e. The van der Waals surface area contributed by atoms with E-state index in [1.165, 1.54) is 16.5 Å². The van der Waals surface area contributed by atoms with E-state index in [1.54, 1.807) is 0 Å². The Bertz CT molecular complexity index is 1220. The molecule has 0 atom stereocenters. The van der Waals surface area contributed by atoms with Crippen LogP contribution in [0.15, 0.2) is 84.9 Å². The van der Waals surface area contributed by atoms with Crippen molar-refractivity contribution in [1.82, 2.24) is 0 Å². The molecule has 1 saturated heterocycles. The third-order valence-corrected chi connectivity index (χ3v) is 6.23. The number of halogens is 1. The Morgan fingerprint density at radius 1 is 0.879 bits per heavy atom. The number of nitrogens with zero attached hydrogens (tertiary/aromatic N) is 1. The van der Waals surface area contributed by atoms with Gasteiger partial charge in [0.15, 0.2) is 0 Å². The first kappa shape index (κ1) is 21.6. The molecule has 0 saturated carbocycles. The van der Waals surface area contributed by atoms with Crippen molar-refractivity contribution in [2.45, 2.75) is 13.2 Å². The lowest BCUT2D eigenvalue weighted by Gasteiger charge is -2.29. The van der Waals surface area contributed by atoms with Gasteiger partial charge in [0.25, 0.3) is 0 Å². The number of nitrogens with one attached hydrogen (secondary N) is 1. The van der Waals surface area contributed by atoms with Gasteiger partial charge >= 0.3 is 0 Å². The summed E-state index contributed by atoms with van der Waals surface area (Å²) in [5.41, 5.74) is 4.51. The van der Waals surface area contributed by atoms with Crippen molar-refractivity contribution in [2.24, 2.45) is 0 Å². The van der Waals surface area contributed by atoms with E-state index in [4.69, 9.17) is 21.1 Å². The van der Waals surface area contributed by atoms with E-state index in [-0.39, 0.29) is 0 Å². The van der Waals surface area contributed by atoms with Gasteiger partial charge in [-0.25, -0.2) is 0 Å². The molecule has 0 unspecified atom stereocenters. The molecule has 4 aromatic rings. The maximum atomic E-state index is 6.26. The van der Waals surface area contributed by atoms with Crippen molar-refractivity contribution in [3.63, 3.8) is 0 Å². The zero-order chi connectivity index (χ0) is 22.5. The molecule has 168 valence electrons. The van der Waals surface area contributed by atoms with Gasteiger partial charge in [0.2, 0.25) is 0 Å². The normalized spacial score (nSPS) is 13.8. The molecule has 1 heterocycles. The fourth-order valence-corrected chi connectivity index (χ4v) is 4.44. The highest BCUT2D eigenvalue weighted by molar-refractivity contribution is 6.30. The Labute approximate surface area is 199 Å².